The van der Waals surface area contributed by atoms with Crippen molar-refractivity contribution < 1.29 is 0 Å². The van der Waals surface area contributed by atoms with Gasteiger partial charge in [-0.2, -0.15) is 0 Å². The van der Waals surface area contributed by atoms with Gasteiger partial charge in [-0.3, -0.25) is 0 Å². The monoisotopic (exact) mass is 536 g/mol. The normalized spacial score (nSPS) is 11.4. The molecule has 0 saturated carbocycles. The van der Waals surface area contributed by atoms with E-state index in [0.29, 0.717) is 0 Å². The van der Waals surface area contributed by atoms with Crippen LogP contribution in [0.5, 0.6) is 0 Å². The summed E-state index contributed by atoms with van der Waals surface area (Å²) in [5.41, 5.74) is 0. The fourth-order valence-electron chi connectivity index (χ4n) is 5.96. The molecule has 0 aliphatic rings. The van der Waals surface area contributed by atoms with Crippen LogP contribution in [0.15, 0.2) is 0 Å². The maximum absolute atomic E-state index is 2.32. The van der Waals surface area contributed by atoms with Gasteiger partial charge in [0.1, 0.15) is 0 Å². The lowest BCUT2D eigenvalue weighted by Gasteiger charge is -2.06. The lowest BCUT2D eigenvalue weighted by Crippen LogP contribution is -2.12. The summed E-state index contributed by atoms with van der Waals surface area (Å²) in [5, 5.41) is 0. The molecule has 222 valence electrons. The molecule has 0 atom stereocenters. The minimum Gasteiger partial charge on any atom is -0.0654 e. The minimum atomic E-state index is -0.0662. The largest absolute Gasteiger partial charge is 0.314 e. The van der Waals surface area contributed by atoms with Crippen molar-refractivity contribution in [2.75, 3.05) is 0 Å². The van der Waals surface area contributed by atoms with Gasteiger partial charge in [-0.05, 0) is 19.3 Å². The summed E-state index contributed by atoms with van der Waals surface area (Å²) in [7, 11) is -0.0662. The van der Waals surface area contributed by atoms with Crippen LogP contribution in [0.1, 0.15) is 213 Å². The SMILES string of the molecule is CCCCCCCCCCCC[Si+](CCCCCCCCCCCC)CCCCCCCCCCCC. The van der Waals surface area contributed by atoms with Crippen LogP contribution in [-0.2, 0) is 0 Å². The maximum atomic E-state index is 2.32. The summed E-state index contributed by atoms with van der Waals surface area (Å²) in [6.07, 6.45) is 44.6. The van der Waals surface area contributed by atoms with Gasteiger partial charge in [-0.15, -0.1) is 0 Å². The van der Waals surface area contributed by atoms with Crippen molar-refractivity contribution >= 4 is 8.80 Å². The van der Waals surface area contributed by atoms with Gasteiger partial charge in [-0.1, -0.05) is 194 Å². The summed E-state index contributed by atoms with van der Waals surface area (Å²) in [5.74, 6) is 0. The van der Waals surface area contributed by atoms with Crippen molar-refractivity contribution in [2.24, 2.45) is 0 Å². The lowest BCUT2D eigenvalue weighted by atomic mass is 10.1. The Morgan fingerprint density at radius 3 is 0.568 bits per heavy atom. The van der Waals surface area contributed by atoms with Gasteiger partial charge in [0.05, 0.1) is 18.1 Å². The van der Waals surface area contributed by atoms with Crippen LogP contribution in [0, 0.1) is 0 Å². The molecule has 0 spiro atoms. The zero-order chi connectivity index (χ0) is 26.9. The molecule has 0 unspecified atom stereocenters. The highest BCUT2D eigenvalue weighted by Gasteiger charge is 2.24. The van der Waals surface area contributed by atoms with Crippen molar-refractivity contribution in [3.63, 3.8) is 0 Å². The van der Waals surface area contributed by atoms with Crippen LogP contribution in [0.25, 0.3) is 0 Å². The van der Waals surface area contributed by atoms with E-state index < -0.39 is 0 Å². The molecule has 0 rings (SSSR count). The second-order valence-corrected chi connectivity index (χ2v) is 15.5. The predicted molar refractivity (Wildman–Crippen MR) is 176 cm³/mol. The van der Waals surface area contributed by atoms with Crippen LogP contribution in [0.3, 0.4) is 0 Å². The molecule has 0 aromatic carbocycles. The third-order valence-electron chi connectivity index (χ3n) is 8.65. The molecule has 0 heterocycles. The standard InChI is InChI=1S/C36H75Si/c1-4-7-10-13-16-19-22-25-28-31-34-37(35-32-29-26-23-20-17-14-11-8-5-2)36-33-30-27-24-21-18-15-12-9-6-3/h4-36H2,1-3H3/q+1. The first-order chi connectivity index (χ1) is 18.3. The van der Waals surface area contributed by atoms with Gasteiger partial charge in [0.15, 0.2) is 0 Å². The second kappa shape index (κ2) is 34.2. The van der Waals surface area contributed by atoms with Crippen molar-refractivity contribution in [1.29, 1.82) is 0 Å². The molecular formula is C36H75Si+. The van der Waals surface area contributed by atoms with Gasteiger partial charge >= 0.3 is 8.80 Å². The van der Waals surface area contributed by atoms with Crippen molar-refractivity contribution in [3.05, 3.63) is 0 Å². The predicted octanol–water partition coefficient (Wildman–Crippen LogP) is 14.2. The highest BCUT2D eigenvalue weighted by Crippen LogP contribution is 2.21. The molecule has 0 aromatic heterocycles. The van der Waals surface area contributed by atoms with Gasteiger partial charge in [-0.25, -0.2) is 0 Å². The third-order valence-corrected chi connectivity index (χ3v) is 11.8. The number of rotatable bonds is 33. The van der Waals surface area contributed by atoms with Crippen LogP contribution in [0.4, 0.5) is 0 Å². The molecule has 0 saturated heterocycles. The van der Waals surface area contributed by atoms with Crippen molar-refractivity contribution in [3.8, 4) is 0 Å². The Labute approximate surface area is 239 Å². The van der Waals surface area contributed by atoms with E-state index in [1.807, 2.05) is 0 Å². The number of unbranched alkanes of at least 4 members (excludes halogenated alkanes) is 27. The van der Waals surface area contributed by atoms with E-state index in [-0.39, 0.29) is 8.80 Å². The average Bonchev–Trinajstić information content (AvgIpc) is 2.91. The molecule has 0 nitrogen and oxygen atoms in total. The quantitative estimate of drug-likeness (QED) is 0.0579. The first-order valence-electron chi connectivity index (χ1n) is 18.2. The highest BCUT2D eigenvalue weighted by molar-refractivity contribution is 6.58. The van der Waals surface area contributed by atoms with E-state index in [0.717, 1.165) is 0 Å². The Bertz CT molecular complexity index is 322. The molecular weight excluding hydrogens is 460 g/mol. The third kappa shape index (κ3) is 32.3. The molecule has 37 heavy (non-hydrogen) atoms. The molecule has 0 aliphatic carbocycles. The Morgan fingerprint density at radius 1 is 0.216 bits per heavy atom. The summed E-state index contributed by atoms with van der Waals surface area (Å²) < 4.78 is 0. The average molecular weight is 536 g/mol. The first-order valence-corrected chi connectivity index (χ1v) is 20.3. The van der Waals surface area contributed by atoms with E-state index in [4.69, 9.17) is 0 Å². The van der Waals surface area contributed by atoms with Crippen LogP contribution in [-0.4, -0.2) is 8.80 Å². The molecule has 0 fully saturated rings. The summed E-state index contributed by atoms with van der Waals surface area (Å²) in [6.45, 7) is 6.97. The zero-order valence-electron chi connectivity index (χ0n) is 26.8. The topological polar surface area (TPSA) is 0 Å². The fraction of sp³-hybridized carbons (Fsp3) is 1.00. The van der Waals surface area contributed by atoms with Crippen LogP contribution in [0.2, 0.25) is 18.1 Å². The summed E-state index contributed by atoms with van der Waals surface area (Å²) in [6, 6.07) is 4.90. The molecule has 0 aromatic rings. The van der Waals surface area contributed by atoms with Gasteiger partial charge in [0, 0.05) is 0 Å². The van der Waals surface area contributed by atoms with E-state index in [1.165, 1.54) is 173 Å². The van der Waals surface area contributed by atoms with Gasteiger partial charge < -0.3 is 0 Å². The fourth-order valence-corrected chi connectivity index (χ4v) is 8.96. The Kier molecular flexibility index (Phi) is 34.4. The molecule has 0 amide bonds. The summed E-state index contributed by atoms with van der Waals surface area (Å²) in [4.78, 5) is 0. The van der Waals surface area contributed by atoms with E-state index in [9.17, 15) is 0 Å². The van der Waals surface area contributed by atoms with Crippen LogP contribution < -0.4 is 0 Å². The summed E-state index contributed by atoms with van der Waals surface area (Å²) >= 11 is 0. The maximum Gasteiger partial charge on any atom is 0.314 e. The smallest absolute Gasteiger partial charge is 0.0654 e. The van der Waals surface area contributed by atoms with E-state index in [1.54, 1.807) is 37.4 Å². The van der Waals surface area contributed by atoms with Crippen LogP contribution >= 0.6 is 0 Å². The highest BCUT2D eigenvalue weighted by atomic mass is 28.3. The van der Waals surface area contributed by atoms with E-state index in [2.05, 4.69) is 20.8 Å². The van der Waals surface area contributed by atoms with Crippen molar-refractivity contribution in [2.45, 2.75) is 232 Å². The molecule has 0 radical (unpaired) electrons. The van der Waals surface area contributed by atoms with Crippen molar-refractivity contribution in [1.82, 2.24) is 0 Å². The molecule has 1 heteroatoms. The molecule has 0 N–H and O–H groups in total. The Hall–Kier alpha value is 0.217. The zero-order valence-corrected chi connectivity index (χ0v) is 27.8. The number of hydrogen-bond acceptors (Lipinski definition) is 0. The second-order valence-electron chi connectivity index (χ2n) is 12.5. The molecule has 0 aliphatic heterocycles. The lowest BCUT2D eigenvalue weighted by molar-refractivity contribution is 0.557. The van der Waals surface area contributed by atoms with E-state index >= 15 is 0 Å². The van der Waals surface area contributed by atoms with Gasteiger partial charge in [0.2, 0.25) is 0 Å². The first kappa shape index (κ1) is 37.2. The Balaban J connectivity index is 3.87. The Morgan fingerprint density at radius 2 is 0.378 bits per heavy atom. The minimum absolute atomic E-state index is 0.0662. The van der Waals surface area contributed by atoms with Gasteiger partial charge in [0.25, 0.3) is 0 Å². The molecule has 0 bridgehead atoms. The number of hydrogen-bond donors (Lipinski definition) is 0.